The van der Waals surface area contributed by atoms with Crippen LogP contribution in [-0.4, -0.2) is 31.5 Å². The normalized spacial score (nSPS) is 14.5. The van der Waals surface area contributed by atoms with Gasteiger partial charge in [-0.2, -0.15) is 0 Å². The summed E-state index contributed by atoms with van der Waals surface area (Å²) in [5, 5.41) is 0. The maximum atomic E-state index is 12.0. The van der Waals surface area contributed by atoms with Crippen molar-refractivity contribution in [2.75, 3.05) is 20.7 Å². The van der Waals surface area contributed by atoms with Crippen molar-refractivity contribution in [3.8, 4) is 5.75 Å². The summed E-state index contributed by atoms with van der Waals surface area (Å²) in [5.41, 5.74) is 0.616. The Kier molecular flexibility index (Phi) is 3.72. The molecule has 4 heteroatoms. The average Bonchev–Trinajstić information content (AvgIpc) is 3.10. The summed E-state index contributed by atoms with van der Waals surface area (Å²) < 4.78 is 6.61. The zero-order chi connectivity index (χ0) is 12.4. The van der Waals surface area contributed by atoms with Gasteiger partial charge in [0.2, 0.25) is 0 Å². The minimum absolute atomic E-state index is 0.0305. The van der Waals surface area contributed by atoms with Crippen molar-refractivity contribution in [3.05, 3.63) is 28.2 Å². The molecule has 0 heterocycles. The fourth-order valence-electron chi connectivity index (χ4n) is 1.53. The second kappa shape index (κ2) is 5.08. The van der Waals surface area contributed by atoms with Crippen molar-refractivity contribution in [1.29, 1.82) is 0 Å². The predicted octanol–water partition coefficient (Wildman–Crippen LogP) is 2.94. The van der Waals surface area contributed by atoms with Gasteiger partial charge in [-0.3, -0.25) is 4.79 Å². The third kappa shape index (κ3) is 3.22. The molecule has 17 heavy (non-hydrogen) atoms. The van der Waals surface area contributed by atoms with Gasteiger partial charge in [-0.05, 0) is 37.0 Å². The van der Waals surface area contributed by atoms with E-state index in [0.29, 0.717) is 17.2 Å². The summed E-state index contributed by atoms with van der Waals surface area (Å²) >= 11 is 3.38. The van der Waals surface area contributed by atoms with Crippen LogP contribution < -0.4 is 4.74 Å². The summed E-state index contributed by atoms with van der Waals surface area (Å²) in [7, 11) is 3.49. The predicted molar refractivity (Wildman–Crippen MR) is 70.4 cm³/mol. The third-order valence-electron chi connectivity index (χ3n) is 2.75. The van der Waals surface area contributed by atoms with Crippen LogP contribution in [0, 0.1) is 5.92 Å². The molecule has 1 aliphatic carbocycles. The molecule has 0 bridgehead atoms. The van der Waals surface area contributed by atoms with E-state index in [1.807, 2.05) is 18.2 Å². The van der Waals surface area contributed by atoms with Crippen LogP contribution in [0.4, 0.5) is 0 Å². The summed E-state index contributed by atoms with van der Waals surface area (Å²) in [6, 6.07) is 5.56. The molecule has 0 saturated heterocycles. The number of ether oxygens (including phenoxy) is 1. The van der Waals surface area contributed by atoms with Gasteiger partial charge in [0, 0.05) is 18.6 Å². The highest BCUT2D eigenvalue weighted by Gasteiger charge is 2.23. The van der Waals surface area contributed by atoms with E-state index in [-0.39, 0.29) is 5.91 Å². The van der Waals surface area contributed by atoms with Gasteiger partial charge in [-0.25, -0.2) is 0 Å². The summed E-state index contributed by atoms with van der Waals surface area (Å²) in [4.78, 5) is 13.6. The second-order valence-corrected chi connectivity index (χ2v) is 5.51. The highest BCUT2D eigenvalue weighted by molar-refractivity contribution is 9.10. The van der Waals surface area contributed by atoms with E-state index in [4.69, 9.17) is 4.74 Å². The van der Waals surface area contributed by atoms with Crippen LogP contribution in [0.3, 0.4) is 0 Å². The van der Waals surface area contributed by atoms with E-state index < -0.39 is 0 Å². The molecule has 1 saturated carbocycles. The molecule has 0 spiro atoms. The Morgan fingerprint density at radius 3 is 2.76 bits per heavy atom. The molecule has 1 amide bonds. The van der Waals surface area contributed by atoms with E-state index in [9.17, 15) is 4.79 Å². The van der Waals surface area contributed by atoms with Crippen molar-refractivity contribution in [2.45, 2.75) is 12.8 Å². The molecule has 0 aromatic heterocycles. The molecule has 3 nitrogen and oxygen atoms in total. The molecule has 1 aromatic rings. The van der Waals surface area contributed by atoms with Gasteiger partial charge < -0.3 is 9.64 Å². The molecular weight excluding hydrogens is 282 g/mol. The van der Waals surface area contributed by atoms with Gasteiger partial charge in [0.25, 0.3) is 5.91 Å². The fraction of sp³-hybridized carbons (Fsp3) is 0.462. The van der Waals surface area contributed by atoms with Crippen LogP contribution in [0.25, 0.3) is 0 Å². The number of nitrogens with zero attached hydrogens (tertiary/aromatic N) is 1. The lowest BCUT2D eigenvalue weighted by molar-refractivity contribution is 0.0823. The van der Waals surface area contributed by atoms with Gasteiger partial charge in [0.05, 0.1) is 12.2 Å². The van der Waals surface area contributed by atoms with Crippen molar-refractivity contribution in [2.24, 2.45) is 5.92 Å². The smallest absolute Gasteiger partial charge is 0.257 e. The Labute approximate surface area is 110 Å². The van der Waals surface area contributed by atoms with Gasteiger partial charge in [-0.1, -0.05) is 15.9 Å². The topological polar surface area (TPSA) is 29.5 Å². The van der Waals surface area contributed by atoms with Crippen LogP contribution in [0.15, 0.2) is 22.7 Å². The van der Waals surface area contributed by atoms with Gasteiger partial charge in [0.15, 0.2) is 0 Å². The van der Waals surface area contributed by atoms with E-state index in [1.54, 1.807) is 19.0 Å². The summed E-state index contributed by atoms with van der Waals surface area (Å²) in [6.07, 6.45) is 2.49. The standard InChI is InChI=1S/C13H16BrNO2/c1-15(2)13(16)11-7-10(14)5-6-12(11)17-8-9-3-4-9/h5-7,9H,3-4,8H2,1-2H3. The van der Waals surface area contributed by atoms with Crippen LogP contribution in [0.5, 0.6) is 5.75 Å². The number of rotatable bonds is 4. The monoisotopic (exact) mass is 297 g/mol. The fourth-order valence-corrected chi connectivity index (χ4v) is 1.89. The molecule has 0 radical (unpaired) electrons. The molecule has 2 rings (SSSR count). The minimum atomic E-state index is -0.0305. The Hall–Kier alpha value is -1.03. The van der Waals surface area contributed by atoms with Crippen LogP contribution >= 0.6 is 15.9 Å². The molecule has 0 aliphatic heterocycles. The first-order chi connectivity index (χ1) is 8.08. The van der Waals surface area contributed by atoms with Crippen LogP contribution in [-0.2, 0) is 0 Å². The molecule has 1 aromatic carbocycles. The highest BCUT2D eigenvalue weighted by atomic mass is 79.9. The maximum absolute atomic E-state index is 12.0. The molecule has 92 valence electrons. The first-order valence-corrected chi connectivity index (χ1v) is 6.51. The second-order valence-electron chi connectivity index (χ2n) is 4.59. The van der Waals surface area contributed by atoms with E-state index in [1.165, 1.54) is 12.8 Å². The zero-order valence-corrected chi connectivity index (χ0v) is 11.7. The highest BCUT2D eigenvalue weighted by Crippen LogP contribution is 2.31. The average molecular weight is 298 g/mol. The van der Waals surface area contributed by atoms with Crippen molar-refractivity contribution in [3.63, 3.8) is 0 Å². The first-order valence-electron chi connectivity index (χ1n) is 5.72. The quantitative estimate of drug-likeness (QED) is 0.855. The lowest BCUT2D eigenvalue weighted by Gasteiger charge is -2.15. The van der Waals surface area contributed by atoms with Crippen LogP contribution in [0.2, 0.25) is 0 Å². The Balaban J connectivity index is 2.19. The summed E-state index contributed by atoms with van der Waals surface area (Å²) in [5.74, 6) is 1.33. The molecule has 1 aliphatic rings. The van der Waals surface area contributed by atoms with E-state index in [2.05, 4.69) is 15.9 Å². The van der Waals surface area contributed by atoms with Crippen molar-refractivity contribution < 1.29 is 9.53 Å². The zero-order valence-electron chi connectivity index (χ0n) is 10.1. The van der Waals surface area contributed by atoms with Crippen molar-refractivity contribution in [1.82, 2.24) is 4.90 Å². The van der Waals surface area contributed by atoms with Gasteiger partial charge in [-0.15, -0.1) is 0 Å². The lowest BCUT2D eigenvalue weighted by atomic mass is 10.2. The first kappa shape index (κ1) is 12.4. The lowest BCUT2D eigenvalue weighted by Crippen LogP contribution is -2.22. The Morgan fingerprint density at radius 2 is 2.18 bits per heavy atom. The molecule has 0 unspecified atom stereocenters. The molecule has 0 N–H and O–H groups in total. The van der Waals surface area contributed by atoms with E-state index in [0.717, 1.165) is 11.1 Å². The number of hydrogen-bond donors (Lipinski definition) is 0. The summed E-state index contributed by atoms with van der Waals surface area (Å²) in [6.45, 7) is 0.718. The molecular formula is C13H16BrNO2. The van der Waals surface area contributed by atoms with Crippen molar-refractivity contribution >= 4 is 21.8 Å². The number of halogens is 1. The third-order valence-corrected chi connectivity index (χ3v) is 3.24. The maximum Gasteiger partial charge on any atom is 0.257 e. The SMILES string of the molecule is CN(C)C(=O)c1cc(Br)ccc1OCC1CC1. The van der Waals surface area contributed by atoms with Crippen LogP contribution in [0.1, 0.15) is 23.2 Å². The Bertz CT molecular complexity index is 427. The largest absolute Gasteiger partial charge is 0.492 e. The number of benzene rings is 1. The Morgan fingerprint density at radius 1 is 1.47 bits per heavy atom. The van der Waals surface area contributed by atoms with Gasteiger partial charge >= 0.3 is 0 Å². The van der Waals surface area contributed by atoms with E-state index >= 15 is 0 Å². The number of amides is 1. The van der Waals surface area contributed by atoms with Gasteiger partial charge in [0.1, 0.15) is 5.75 Å². The molecule has 0 atom stereocenters. The minimum Gasteiger partial charge on any atom is -0.492 e. The molecule has 1 fully saturated rings. The number of carbonyl (C=O) groups excluding carboxylic acids is 1. The number of hydrogen-bond acceptors (Lipinski definition) is 2. The number of carbonyl (C=O) groups is 1.